The van der Waals surface area contributed by atoms with E-state index in [2.05, 4.69) is 26.2 Å². The van der Waals surface area contributed by atoms with Crippen molar-refractivity contribution in [1.29, 1.82) is 0 Å². The normalized spacial score (nSPS) is 9.71. The number of rotatable bonds is 4. The summed E-state index contributed by atoms with van der Waals surface area (Å²) in [5.41, 5.74) is 0. The summed E-state index contributed by atoms with van der Waals surface area (Å²) in [5.74, 6) is -1.75. The van der Waals surface area contributed by atoms with Crippen LogP contribution in [0.15, 0.2) is 9.98 Å². The second-order valence-corrected chi connectivity index (χ2v) is 5.28. The number of carboxylic acids is 1. The van der Waals surface area contributed by atoms with Gasteiger partial charge in [-0.2, -0.15) is 0 Å². The number of carbonyl (C=O) groups excluding carboxylic acids is 2. The minimum absolute atomic E-state index is 0.246. The molecule has 0 aliphatic carbocycles. The third-order valence-electron chi connectivity index (χ3n) is 1.52. The molecule has 0 saturated heterocycles. The molecule has 0 bridgehead atoms. The maximum atomic E-state index is 11.2. The van der Waals surface area contributed by atoms with Crippen molar-refractivity contribution < 1.29 is 19.5 Å². The Morgan fingerprint density at radius 1 is 1.41 bits per heavy atom. The molecule has 0 fully saturated rings. The van der Waals surface area contributed by atoms with E-state index in [0.29, 0.717) is 5.13 Å². The highest BCUT2D eigenvalue weighted by Crippen LogP contribution is 2.22. The Kier molecular flexibility index (Phi) is 5.04. The smallest absolute Gasteiger partial charge is 0.327 e. The average molecular weight is 322 g/mol. The van der Waals surface area contributed by atoms with E-state index >= 15 is 0 Å². The molecule has 92 valence electrons. The van der Waals surface area contributed by atoms with Crippen LogP contribution < -0.4 is 10.6 Å². The Morgan fingerprint density at radius 3 is 2.65 bits per heavy atom. The summed E-state index contributed by atoms with van der Waals surface area (Å²) in [6.45, 7) is 0. The van der Waals surface area contributed by atoms with Crippen LogP contribution >= 0.6 is 27.3 Å². The SMILES string of the molecule is O=C(O)CCC(=O)NC(=O)Nc1ncc(Br)s1. The maximum absolute atomic E-state index is 11.2. The quantitative estimate of drug-likeness (QED) is 0.777. The zero-order chi connectivity index (χ0) is 12.8. The van der Waals surface area contributed by atoms with E-state index in [4.69, 9.17) is 5.11 Å². The highest BCUT2D eigenvalue weighted by atomic mass is 79.9. The lowest BCUT2D eigenvalue weighted by Gasteiger charge is -2.02. The van der Waals surface area contributed by atoms with E-state index in [-0.39, 0.29) is 12.8 Å². The summed E-state index contributed by atoms with van der Waals surface area (Å²) < 4.78 is 0.741. The van der Waals surface area contributed by atoms with Crippen molar-refractivity contribution in [3.05, 3.63) is 9.98 Å². The summed E-state index contributed by atoms with van der Waals surface area (Å²) in [6.07, 6.45) is 0.943. The molecule has 3 N–H and O–H groups in total. The first kappa shape index (κ1) is 13.6. The van der Waals surface area contributed by atoms with Gasteiger partial charge in [-0.25, -0.2) is 9.78 Å². The number of hydrogen-bond donors (Lipinski definition) is 3. The number of carboxylic acid groups (broad SMARTS) is 1. The predicted octanol–water partition coefficient (Wildman–Crippen LogP) is 1.42. The molecule has 0 radical (unpaired) electrons. The number of aromatic nitrogens is 1. The minimum Gasteiger partial charge on any atom is -0.481 e. The molecule has 0 aliphatic rings. The Bertz CT molecular complexity index is 448. The molecule has 0 saturated carbocycles. The van der Waals surface area contributed by atoms with Crippen LogP contribution in [-0.2, 0) is 9.59 Å². The molecule has 0 unspecified atom stereocenters. The molecule has 7 nitrogen and oxygen atoms in total. The van der Waals surface area contributed by atoms with E-state index in [1.54, 1.807) is 0 Å². The van der Waals surface area contributed by atoms with Gasteiger partial charge in [0.15, 0.2) is 5.13 Å². The van der Waals surface area contributed by atoms with Gasteiger partial charge < -0.3 is 5.11 Å². The zero-order valence-electron chi connectivity index (χ0n) is 8.40. The van der Waals surface area contributed by atoms with Crippen LogP contribution in [0.2, 0.25) is 0 Å². The van der Waals surface area contributed by atoms with Gasteiger partial charge >= 0.3 is 12.0 Å². The first-order chi connectivity index (χ1) is 7.97. The molecule has 0 aliphatic heterocycles. The number of anilines is 1. The predicted molar refractivity (Wildman–Crippen MR) is 63.8 cm³/mol. The van der Waals surface area contributed by atoms with Gasteiger partial charge in [-0.15, -0.1) is 0 Å². The van der Waals surface area contributed by atoms with Gasteiger partial charge in [-0.1, -0.05) is 11.3 Å². The first-order valence-electron chi connectivity index (χ1n) is 4.41. The van der Waals surface area contributed by atoms with E-state index in [1.807, 2.05) is 5.32 Å². The molecule has 1 aromatic heterocycles. The molecule has 0 atom stereocenters. The number of urea groups is 1. The molecule has 0 aromatic carbocycles. The van der Waals surface area contributed by atoms with Gasteiger partial charge in [0.05, 0.1) is 16.4 Å². The van der Waals surface area contributed by atoms with Gasteiger partial charge in [-0.3, -0.25) is 20.2 Å². The summed E-state index contributed by atoms with van der Waals surface area (Å²) in [7, 11) is 0. The third kappa shape index (κ3) is 5.41. The molecule has 17 heavy (non-hydrogen) atoms. The van der Waals surface area contributed by atoms with Gasteiger partial charge in [0.1, 0.15) is 0 Å². The van der Waals surface area contributed by atoms with Crippen molar-refractivity contribution in [3.63, 3.8) is 0 Å². The van der Waals surface area contributed by atoms with Crippen molar-refractivity contribution in [1.82, 2.24) is 10.3 Å². The van der Waals surface area contributed by atoms with Gasteiger partial charge in [0.2, 0.25) is 5.91 Å². The van der Waals surface area contributed by atoms with Crippen LogP contribution in [0.3, 0.4) is 0 Å². The first-order valence-corrected chi connectivity index (χ1v) is 6.02. The highest BCUT2D eigenvalue weighted by molar-refractivity contribution is 9.11. The summed E-state index contributed by atoms with van der Waals surface area (Å²) in [6, 6.07) is -0.734. The monoisotopic (exact) mass is 321 g/mol. The van der Waals surface area contributed by atoms with Gasteiger partial charge in [-0.05, 0) is 15.9 Å². The van der Waals surface area contributed by atoms with E-state index in [0.717, 1.165) is 3.79 Å². The molecule has 3 amide bonds. The van der Waals surface area contributed by atoms with Crippen molar-refractivity contribution >= 4 is 50.3 Å². The van der Waals surface area contributed by atoms with E-state index < -0.39 is 17.9 Å². The summed E-state index contributed by atoms with van der Waals surface area (Å²) in [5, 5.41) is 13.0. The molecular weight excluding hydrogens is 314 g/mol. The number of amides is 3. The lowest BCUT2D eigenvalue weighted by molar-refractivity contribution is -0.138. The molecular formula is C8H8BrN3O4S. The number of thiazole rings is 1. The summed E-state index contributed by atoms with van der Waals surface area (Å²) >= 11 is 4.36. The number of aliphatic carboxylic acids is 1. The average Bonchev–Trinajstić information content (AvgIpc) is 2.60. The maximum Gasteiger partial charge on any atom is 0.327 e. The molecule has 0 spiro atoms. The fraction of sp³-hybridized carbons (Fsp3) is 0.250. The van der Waals surface area contributed by atoms with E-state index in [9.17, 15) is 14.4 Å². The van der Waals surface area contributed by atoms with Gasteiger partial charge in [0, 0.05) is 6.42 Å². The number of carbonyl (C=O) groups is 3. The molecule has 9 heteroatoms. The highest BCUT2D eigenvalue weighted by Gasteiger charge is 2.10. The Labute approximate surface area is 108 Å². The zero-order valence-corrected chi connectivity index (χ0v) is 10.8. The second-order valence-electron chi connectivity index (χ2n) is 2.87. The molecule has 1 rings (SSSR count). The van der Waals surface area contributed by atoms with Crippen molar-refractivity contribution in [2.75, 3.05) is 5.32 Å². The number of hydrogen-bond acceptors (Lipinski definition) is 5. The van der Waals surface area contributed by atoms with Crippen LogP contribution in [0.4, 0.5) is 9.93 Å². The largest absolute Gasteiger partial charge is 0.481 e. The molecule has 1 heterocycles. The third-order valence-corrected chi connectivity index (χ3v) is 2.91. The topological polar surface area (TPSA) is 108 Å². The van der Waals surface area contributed by atoms with Crippen LogP contribution in [0.5, 0.6) is 0 Å². The Hall–Kier alpha value is -1.48. The number of nitrogens with zero attached hydrogens (tertiary/aromatic N) is 1. The summed E-state index contributed by atoms with van der Waals surface area (Å²) in [4.78, 5) is 36.4. The van der Waals surface area contributed by atoms with Crippen LogP contribution in [0.1, 0.15) is 12.8 Å². The fourth-order valence-electron chi connectivity index (χ4n) is 0.850. The second kappa shape index (κ2) is 6.30. The van der Waals surface area contributed by atoms with Crippen LogP contribution in [0, 0.1) is 0 Å². The van der Waals surface area contributed by atoms with Crippen molar-refractivity contribution in [2.24, 2.45) is 0 Å². The van der Waals surface area contributed by atoms with Crippen LogP contribution in [0.25, 0.3) is 0 Å². The van der Waals surface area contributed by atoms with Crippen LogP contribution in [-0.4, -0.2) is 28.0 Å². The van der Waals surface area contributed by atoms with E-state index in [1.165, 1.54) is 17.5 Å². The van der Waals surface area contributed by atoms with Crippen molar-refractivity contribution in [2.45, 2.75) is 12.8 Å². The standard InChI is InChI=1S/C8H8BrN3O4S/c9-4-3-10-8(17-4)12-7(16)11-5(13)1-2-6(14)15/h3H,1-2H2,(H,14,15)(H2,10,11,12,13,16). The fourth-order valence-corrected chi connectivity index (χ4v) is 1.95. The number of nitrogens with one attached hydrogen (secondary N) is 2. The van der Waals surface area contributed by atoms with Crippen molar-refractivity contribution in [3.8, 4) is 0 Å². The Balaban J connectivity index is 2.34. The number of halogens is 1. The minimum atomic E-state index is -1.09. The lowest BCUT2D eigenvalue weighted by atomic mass is 10.3. The Morgan fingerprint density at radius 2 is 2.12 bits per heavy atom. The molecule has 1 aromatic rings. The number of imide groups is 1. The van der Waals surface area contributed by atoms with Gasteiger partial charge in [0.25, 0.3) is 0 Å². The lowest BCUT2D eigenvalue weighted by Crippen LogP contribution is -2.34.